The van der Waals surface area contributed by atoms with Crippen LogP contribution in [0.1, 0.15) is 49.4 Å². The fraction of sp³-hybridized carbons (Fsp3) is 0.565. The highest BCUT2D eigenvalue weighted by Gasteiger charge is 2.12. The number of guanidine groups is 1. The summed E-state index contributed by atoms with van der Waals surface area (Å²) in [6.07, 6.45) is 5.38. The van der Waals surface area contributed by atoms with E-state index in [-0.39, 0.29) is 0 Å². The van der Waals surface area contributed by atoms with Crippen LogP contribution in [0.3, 0.4) is 0 Å². The molecule has 7 heteroatoms. The zero-order chi connectivity index (χ0) is 21.2. The molecule has 0 radical (unpaired) electrons. The molecule has 2 heterocycles. The van der Waals surface area contributed by atoms with Crippen molar-refractivity contribution in [2.24, 2.45) is 4.99 Å². The van der Waals surface area contributed by atoms with Crippen molar-refractivity contribution in [3.63, 3.8) is 0 Å². The van der Waals surface area contributed by atoms with Crippen molar-refractivity contribution in [1.82, 2.24) is 20.5 Å². The molecule has 0 bridgehead atoms. The van der Waals surface area contributed by atoms with Crippen LogP contribution in [-0.2, 0) is 19.6 Å². The van der Waals surface area contributed by atoms with Crippen LogP contribution in [0.4, 0.5) is 5.13 Å². The molecular formula is C23H36N6S. The van der Waals surface area contributed by atoms with Gasteiger partial charge < -0.3 is 15.5 Å². The first kappa shape index (κ1) is 22.6. The summed E-state index contributed by atoms with van der Waals surface area (Å²) in [4.78, 5) is 14.1. The van der Waals surface area contributed by atoms with Gasteiger partial charge in [0.15, 0.2) is 11.1 Å². The third-order valence-electron chi connectivity index (χ3n) is 5.32. The van der Waals surface area contributed by atoms with E-state index in [1.165, 1.54) is 49.9 Å². The average Bonchev–Trinajstić information content (AvgIpc) is 3.08. The number of hydrogen-bond acceptors (Lipinski definition) is 5. The van der Waals surface area contributed by atoms with Crippen molar-refractivity contribution < 1.29 is 0 Å². The molecule has 0 unspecified atom stereocenters. The number of benzene rings is 1. The predicted octanol–water partition coefficient (Wildman–Crippen LogP) is 3.84. The maximum Gasteiger partial charge on any atom is 0.191 e. The molecule has 1 fully saturated rings. The minimum atomic E-state index is 0.672. The second-order valence-corrected chi connectivity index (χ2v) is 8.86. The second-order valence-electron chi connectivity index (χ2n) is 8.02. The Morgan fingerprint density at radius 2 is 1.83 bits per heavy atom. The molecule has 1 aliphatic rings. The van der Waals surface area contributed by atoms with E-state index < -0.39 is 0 Å². The van der Waals surface area contributed by atoms with Gasteiger partial charge in [-0.1, -0.05) is 37.1 Å². The fourth-order valence-electron chi connectivity index (χ4n) is 3.66. The molecule has 30 heavy (non-hydrogen) atoms. The quantitative estimate of drug-likeness (QED) is 0.494. The molecule has 0 atom stereocenters. The van der Waals surface area contributed by atoms with E-state index in [2.05, 4.69) is 57.1 Å². The summed E-state index contributed by atoms with van der Waals surface area (Å²) in [6, 6.07) is 8.74. The number of thiazole rings is 1. The Bertz CT molecular complexity index is 792. The molecule has 0 saturated carbocycles. The van der Waals surface area contributed by atoms with Crippen molar-refractivity contribution >= 4 is 22.4 Å². The monoisotopic (exact) mass is 428 g/mol. The maximum atomic E-state index is 4.85. The summed E-state index contributed by atoms with van der Waals surface area (Å²) < 4.78 is 0. The van der Waals surface area contributed by atoms with Crippen LogP contribution >= 0.6 is 11.3 Å². The van der Waals surface area contributed by atoms with Crippen molar-refractivity contribution in [2.45, 2.75) is 52.2 Å². The Hall–Kier alpha value is -2.12. The van der Waals surface area contributed by atoms with Crippen molar-refractivity contribution in [3.8, 4) is 0 Å². The molecule has 2 aromatic rings. The van der Waals surface area contributed by atoms with E-state index in [9.17, 15) is 0 Å². The first-order chi connectivity index (χ1) is 14.7. The minimum absolute atomic E-state index is 0.672. The van der Waals surface area contributed by atoms with Crippen LogP contribution in [-0.4, -0.2) is 49.6 Å². The molecule has 6 nitrogen and oxygen atoms in total. The summed E-state index contributed by atoms with van der Waals surface area (Å²) >= 11 is 1.66. The molecule has 1 aliphatic heterocycles. The van der Waals surface area contributed by atoms with E-state index in [0.29, 0.717) is 13.1 Å². The Balaban J connectivity index is 1.62. The summed E-state index contributed by atoms with van der Waals surface area (Å²) in [5, 5.41) is 9.90. The molecule has 0 spiro atoms. The first-order valence-corrected chi connectivity index (χ1v) is 12.0. The predicted molar refractivity (Wildman–Crippen MR) is 128 cm³/mol. The van der Waals surface area contributed by atoms with Gasteiger partial charge in [-0.25, -0.2) is 9.98 Å². The average molecular weight is 429 g/mol. The lowest BCUT2D eigenvalue weighted by Gasteiger charge is -2.21. The van der Waals surface area contributed by atoms with E-state index >= 15 is 0 Å². The van der Waals surface area contributed by atoms with E-state index in [1.54, 1.807) is 11.3 Å². The van der Waals surface area contributed by atoms with Gasteiger partial charge in [0, 0.05) is 32.6 Å². The Morgan fingerprint density at radius 3 is 2.50 bits per heavy atom. The van der Waals surface area contributed by atoms with Gasteiger partial charge in [0.2, 0.25) is 0 Å². The number of nitrogens with zero attached hydrogens (tertiary/aromatic N) is 4. The number of anilines is 1. The summed E-state index contributed by atoms with van der Waals surface area (Å²) in [7, 11) is 4.04. The summed E-state index contributed by atoms with van der Waals surface area (Å²) in [5.41, 5.74) is 3.74. The number of aromatic nitrogens is 1. The molecule has 3 rings (SSSR count). The van der Waals surface area contributed by atoms with Gasteiger partial charge in [-0.3, -0.25) is 4.90 Å². The highest BCUT2D eigenvalue weighted by molar-refractivity contribution is 7.13. The van der Waals surface area contributed by atoms with Crippen LogP contribution in [0.25, 0.3) is 0 Å². The highest BCUT2D eigenvalue weighted by Crippen LogP contribution is 2.18. The van der Waals surface area contributed by atoms with E-state index in [0.717, 1.165) is 29.9 Å². The highest BCUT2D eigenvalue weighted by atomic mass is 32.1. The number of rotatable bonds is 8. The van der Waals surface area contributed by atoms with Crippen LogP contribution in [0.2, 0.25) is 0 Å². The molecular weight excluding hydrogens is 392 g/mol. The molecule has 164 valence electrons. The van der Waals surface area contributed by atoms with Crippen molar-refractivity contribution in [3.05, 3.63) is 46.5 Å². The lowest BCUT2D eigenvalue weighted by molar-refractivity contribution is 0.276. The smallest absolute Gasteiger partial charge is 0.191 e. The minimum Gasteiger partial charge on any atom is -0.357 e. The van der Waals surface area contributed by atoms with Crippen LogP contribution in [0, 0.1) is 0 Å². The van der Waals surface area contributed by atoms with Gasteiger partial charge in [0.1, 0.15) is 0 Å². The summed E-state index contributed by atoms with van der Waals surface area (Å²) in [6.45, 7) is 7.74. The Kier molecular flexibility index (Phi) is 8.96. The number of likely N-dealkylation sites (tertiary alicyclic amines) is 1. The summed E-state index contributed by atoms with van der Waals surface area (Å²) in [5.74, 6) is 0.835. The van der Waals surface area contributed by atoms with Gasteiger partial charge >= 0.3 is 0 Å². The standard InChI is InChI=1S/C23H36N6S/c1-4-24-22(26-16-21-18-30-23(27-21)28(2)3)25-15-19-11-7-8-12-20(19)17-29-13-9-5-6-10-14-29/h7-8,11-12,18H,4-6,9-10,13-17H2,1-3H3,(H2,24,25,26). The van der Waals surface area contributed by atoms with Gasteiger partial charge in [0.05, 0.1) is 18.8 Å². The third-order valence-corrected chi connectivity index (χ3v) is 6.38. The largest absolute Gasteiger partial charge is 0.357 e. The second kappa shape index (κ2) is 11.9. The third kappa shape index (κ3) is 6.99. The zero-order valence-electron chi connectivity index (χ0n) is 18.7. The van der Waals surface area contributed by atoms with Crippen molar-refractivity contribution in [1.29, 1.82) is 0 Å². The molecule has 1 saturated heterocycles. The SMILES string of the molecule is CCNC(=NCc1ccccc1CN1CCCCCC1)NCc1csc(N(C)C)n1. The number of aliphatic imine (C=N–C) groups is 1. The number of hydrogen-bond donors (Lipinski definition) is 2. The van der Waals surface area contributed by atoms with Gasteiger partial charge in [-0.05, 0) is 44.0 Å². The molecule has 0 amide bonds. The fourth-order valence-corrected chi connectivity index (χ4v) is 4.42. The molecule has 2 N–H and O–H groups in total. The first-order valence-electron chi connectivity index (χ1n) is 11.1. The lowest BCUT2D eigenvalue weighted by Crippen LogP contribution is -2.37. The molecule has 1 aromatic heterocycles. The number of nitrogens with one attached hydrogen (secondary N) is 2. The van der Waals surface area contributed by atoms with E-state index in [4.69, 9.17) is 4.99 Å². The van der Waals surface area contributed by atoms with Crippen LogP contribution in [0.15, 0.2) is 34.6 Å². The lowest BCUT2D eigenvalue weighted by atomic mass is 10.1. The topological polar surface area (TPSA) is 55.8 Å². The van der Waals surface area contributed by atoms with Gasteiger partial charge in [0.25, 0.3) is 0 Å². The van der Waals surface area contributed by atoms with E-state index in [1.807, 2.05) is 19.0 Å². The maximum absolute atomic E-state index is 4.85. The van der Waals surface area contributed by atoms with Gasteiger partial charge in [-0.15, -0.1) is 11.3 Å². The van der Waals surface area contributed by atoms with Crippen LogP contribution < -0.4 is 15.5 Å². The van der Waals surface area contributed by atoms with Crippen LogP contribution in [0.5, 0.6) is 0 Å². The van der Waals surface area contributed by atoms with Crippen molar-refractivity contribution in [2.75, 3.05) is 38.6 Å². The Labute approximate surface area is 185 Å². The zero-order valence-corrected chi connectivity index (χ0v) is 19.5. The normalized spacial score (nSPS) is 15.6. The Morgan fingerprint density at radius 1 is 1.10 bits per heavy atom. The molecule has 0 aliphatic carbocycles. The van der Waals surface area contributed by atoms with Gasteiger partial charge in [-0.2, -0.15) is 0 Å². The molecule has 1 aromatic carbocycles.